The fourth-order valence-corrected chi connectivity index (χ4v) is 6.18. The van der Waals surface area contributed by atoms with Gasteiger partial charge in [-0.15, -0.1) is 0 Å². The van der Waals surface area contributed by atoms with Crippen molar-refractivity contribution in [3.8, 4) is 11.5 Å². The van der Waals surface area contributed by atoms with Crippen molar-refractivity contribution in [2.45, 2.75) is 57.3 Å². The van der Waals surface area contributed by atoms with Crippen LogP contribution in [-0.4, -0.2) is 38.8 Å². The lowest BCUT2D eigenvalue weighted by molar-refractivity contribution is -0.144. The van der Waals surface area contributed by atoms with Gasteiger partial charge < -0.3 is 14.6 Å². The molecule has 3 aromatic carbocycles. The van der Waals surface area contributed by atoms with Gasteiger partial charge in [-0.05, 0) is 102 Å². The summed E-state index contributed by atoms with van der Waals surface area (Å²) in [6.45, 7) is 3.55. The molecule has 2 aliphatic heterocycles. The Morgan fingerprint density at radius 2 is 1.88 bits per heavy atom. The number of hydrogen-bond acceptors (Lipinski definition) is 6. The first kappa shape index (κ1) is 28.5. The molecule has 2 aliphatic rings. The monoisotopic (exact) mass is 603 g/mol. The summed E-state index contributed by atoms with van der Waals surface area (Å²) < 4.78 is 12.4. The van der Waals surface area contributed by atoms with Crippen LogP contribution < -0.4 is 9.47 Å². The van der Waals surface area contributed by atoms with Crippen molar-refractivity contribution in [2.75, 3.05) is 6.61 Å². The lowest BCUT2D eigenvalue weighted by atomic mass is 9.86. The Morgan fingerprint density at radius 1 is 1.05 bits per heavy atom. The van der Waals surface area contributed by atoms with E-state index in [9.17, 15) is 9.90 Å². The van der Waals surface area contributed by atoms with E-state index in [0.29, 0.717) is 36.2 Å². The fraction of sp³-hybridized carbons (Fsp3) is 0.303. The minimum atomic E-state index is -0.834. The quantitative estimate of drug-likeness (QED) is 0.242. The van der Waals surface area contributed by atoms with Crippen molar-refractivity contribution in [1.29, 1.82) is 0 Å². The molecule has 1 N–H and O–H groups in total. The molecule has 216 valence electrons. The molecule has 0 bridgehead atoms. The Kier molecular flexibility index (Phi) is 8.34. The van der Waals surface area contributed by atoms with Gasteiger partial charge in [0.15, 0.2) is 0 Å². The number of aromatic nitrogens is 2. The van der Waals surface area contributed by atoms with Crippen LogP contribution in [0.2, 0.25) is 10.0 Å². The van der Waals surface area contributed by atoms with Gasteiger partial charge in [0.1, 0.15) is 23.6 Å². The van der Waals surface area contributed by atoms with Crippen LogP contribution in [0.15, 0.2) is 72.9 Å². The number of ether oxygens (including phenoxy) is 2. The highest BCUT2D eigenvalue weighted by Crippen LogP contribution is 2.38. The van der Waals surface area contributed by atoms with Crippen LogP contribution >= 0.6 is 23.2 Å². The van der Waals surface area contributed by atoms with Gasteiger partial charge in [0, 0.05) is 19.3 Å². The van der Waals surface area contributed by atoms with Crippen molar-refractivity contribution in [3.63, 3.8) is 0 Å². The van der Waals surface area contributed by atoms with Crippen molar-refractivity contribution in [2.24, 2.45) is 0 Å². The van der Waals surface area contributed by atoms with Crippen LogP contribution in [0.1, 0.15) is 58.9 Å². The second kappa shape index (κ2) is 12.3. The Morgan fingerprint density at radius 3 is 2.62 bits per heavy atom. The number of benzene rings is 3. The maximum absolute atomic E-state index is 12.2. The van der Waals surface area contributed by atoms with E-state index in [2.05, 4.69) is 34.5 Å². The fourth-order valence-electron chi connectivity index (χ4n) is 5.87. The molecule has 42 heavy (non-hydrogen) atoms. The zero-order valence-electron chi connectivity index (χ0n) is 23.2. The van der Waals surface area contributed by atoms with E-state index in [1.165, 1.54) is 5.56 Å². The molecule has 0 radical (unpaired) electrons. The Bertz CT molecular complexity index is 1580. The summed E-state index contributed by atoms with van der Waals surface area (Å²) in [5.41, 5.74) is 6.27. The third-order valence-corrected chi connectivity index (χ3v) is 8.89. The number of aliphatic carboxylic acids is 1. The lowest BCUT2D eigenvalue weighted by Crippen LogP contribution is -2.45. The van der Waals surface area contributed by atoms with Gasteiger partial charge in [-0.2, -0.15) is 10.2 Å². The highest BCUT2D eigenvalue weighted by atomic mass is 35.5. The minimum Gasteiger partial charge on any atom is -0.493 e. The SMILES string of the molecule is CC(Oc1ccc(C2CCOc3cc4c(cc3C2)CN(Cc2cccnn2)[C@H](C(=O)O)C4)cc1)c1ccc(Cl)c(Cl)c1. The van der Waals surface area contributed by atoms with Gasteiger partial charge in [0.05, 0.1) is 22.3 Å². The van der Waals surface area contributed by atoms with Gasteiger partial charge in [-0.3, -0.25) is 9.69 Å². The van der Waals surface area contributed by atoms with Crippen molar-refractivity contribution in [3.05, 3.63) is 116 Å². The summed E-state index contributed by atoms with van der Waals surface area (Å²) in [6, 6.07) is 21.2. The number of fused-ring (bicyclic) bond motifs is 2. The number of carboxylic acids is 1. The largest absolute Gasteiger partial charge is 0.493 e. The van der Waals surface area contributed by atoms with Crippen LogP contribution in [-0.2, 0) is 30.7 Å². The molecule has 0 amide bonds. The predicted octanol–water partition coefficient (Wildman–Crippen LogP) is 7.04. The first-order chi connectivity index (χ1) is 20.3. The maximum Gasteiger partial charge on any atom is 0.321 e. The third-order valence-electron chi connectivity index (χ3n) is 8.16. The van der Waals surface area contributed by atoms with E-state index in [0.717, 1.165) is 52.3 Å². The molecule has 0 saturated heterocycles. The zero-order chi connectivity index (χ0) is 29.2. The van der Waals surface area contributed by atoms with Crippen molar-refractivity contribution >= 4 is 29.2 Å². The van der Waals surface area contributed by atoms with Crippen molar-refractivity contribution in [1.82, 2.24) is 15.1 Å². The molecule has 9 heteroatoms. The molecule has 0 saturated carbocycles. The summed E-state index contributed by atoms with van der Waals surface area (Å²) in [6.07, 6.45) is 3.59. The second-order valence-corrected chi connectivity index (χ2v) is 11.8. The zero-order valence-corrected chi connectivity index (χ0v) is 24.7. The molecular weight excluding hydrogens is 573 g/mol. The lowest BCUT2D eigenvalue weighted by Gasteiger charge is -2.34. The van der Waals surface area contributed by atoms with E-state index in [1.54, 1.807) is 12.3 Å². The first-order valence-corrected chi connectivity index (χ1v) is 14.8. The van der Waals surface area contributed by atoms with Crippen LogP contribution in [0.4, 0.5) is 0 Å². The summed E-state index contributed by atoms with van der Waals surface area (Å²) in [5.74, 6) is 1.10. The molecule has 6 rings (SSSR count). The summed E-state index contributed by atoms with van der Waals surface area (Å²) in [7, 11) is 0. The van der Waals surface area contributed by atoms with E-state index >= 15 is 0 Å². The van der Waals surface area contributed by atoms with E-state index in [-0.39, 0.29) is 12.0 Å². The topological polar surface area (TPSA) is 84.8 Å². The van der Waals surface area contributed by atoms with Gasteiger partial charge in [-0.1, -0.05) is 47.5 Å². The minimum absolute atomic E-state index is 0.177. The normalized spacial score (nSPS) is 19.1. The molecule has 3 atom stereocenters. The molecule has 7 nitrogen and oxygen atoms in total. The predicted molar refractivity (Wildman–Crippen MR) is 161 cm³/mol. The highest BCUT2D eigenvalue weighted by Gasteiger charge is 2.33. The van der Waals surface area contributed by atoms with E-state index in [1.807, 2.05) is 48.2 Å². The standard InChI is InChI=1S/C33H31Cl2N3O4/c1-20(22-6-9-29(34)30(35)15-22)42-28-7-4-21(5-8-28)23-10-12-41-32-17-24-16-31(33(39)40)38(18-26(24)14-25(32)13-23)19-27-3-2-11-36-37-27/h2-9,11,14-15,17,20,23,31H,10,12-13,16,18-19H2,1H3,(H,39,40)/t20?,23?,31-/m0/s1. The van der Waals surface area contributed by atoms with E-state index in [4.69, 9.17) is 32.7 Å². The smallest absolute Gasteiger partial charge is 0.321 e. The number of carboxylic acid groups (broad SMARTS) is 1. The molecule has 0 fully saturated rings. The Labute approximate surface area is 255 Å². The van der Waals surface area contributed by atoms with E-state index < -0.39 is 12.0 Å². The first-order valence-electron chi connectivity index (χ1n) is 14.1. The highest BCUT2D eigenvalue weighted by molar-refractivity contribution is 6.42. The number of nitrogens with zero attached hydrogens (tertiary/aromatic N) is 3. The Hall–Kier alpha value is -3.65. The number of hydrogen-bond donors (Lipinski definition) is 1. The summed E-state index contributed by atoms with van der Waals surface area (Å²) in [5, 5.41) is 19.1. The average Bonchev–Trinajstić information content (AvgIpc) is 3.20. The molecule has 4 aromatic rings. The van der Waals surface area contributed by atoms with Gasteiger partial charge in [-0.25, -0.2) is 0 Å². The van der Waals surface area contributed by atoms with Crippen LogP contribution in [0, 0.1) is 0 Å². The van der Waals surface area contributed by atoms with Gasteiger partial charge in [0.2, 0.25) is 0 Å². The second-order valence-electron chi connectivity index (χ2n) is 10.9. The Balaban J connectivity index is 1.18. The molecule has 0 aliphatic carbocycles. The maximum atomic E-state index is 12.2. The molecule has 2 unspecified atom stereocenters. The third kappa shape index (κ3) is 6.24. The van der Waals surface area contributed by atoms with Gasteiger partial charge >= 0.3 is 5.97 Å². The molecular formula is C33H31Cl2N3O4. The van der Waals surface area contributed by atoms with Crippen molar-refractivity contribution < 1.29 is 19.4 Å². The number of carbonyl (C=O) groups is 1. The van der Waals surface area contributed by atoms with Gasteiger partial charge in [0.25, 0.3) is 0 Å². The summed E-state index contributed by atoms with van der Waals surface area (Å²) >= 11 is 12.2. The molecule has 0 spiro atoms. The summed E-state index contributed by atoms with van der Waals surface area (Å²) in [4.78, 5) is 14.1. The number of rotatable bonds is 7. The average molecular weight is 605 g/mol. The van der Waals surface area contributed by atoms with Crippen LogP contribution in [0.5, 0.6) is 11.5 Å². The molecule has 1 aromatic heterocycles. The van der Waals surface area contributed by atoms with Crippen LogP contribution in [0.3, 0.4) is 0 Å². The van der Waals surface area contributed by atoms with Crippen LogP contribution in [0.25, 0.3) is 0 Å². The molecule has 3 heterocycles. The number of halogens is 2.